The van der Waals surface area contributed by atoms with Crippen LogP contribution in [0.2, 0.25) is 0 Å². The third kappa shape index (κ3) is 3.02. The van der Waals surface area contributed by atoms with Crippen LogP contribution < -0.4 is 0 Å². The molecular weight excluding hydrogens is 294 g/mol. The van der Waals surface area contributed by atoms with E-state index in [-0.39, 0.29) is 5.69 Å². The molecule has 2 rings (SSSR count). The van der Waals surface area contributed by atoms with Gasteiger partial charge in [0.1, 0.15) is 5.69 Å². The van der Waals surface area contributed by atoms with Crippen LogP contribution in [-0.4, -0.2) is 31.9 Å². The van der Waals surface area contributed by atoms with Crippen LogP contribution in [0.5, 0.6) is 0 Å². The predicted molar refractivity (Wildman–Crippen MR) is 85.6 cm³/mol. The maximum absolute atomic E-state index is 12.6. The van der Waals surface area contributed by atoms with E-state index in [4.69, 9.17) is 0 Å². The van der Waals surface area contributed by atoms with Crippen LogP contribution in [0.25, 0.3) is 0 Å². The molecule has 6 nitrogen and oxygen atoms in total. The Hall–Kier alpha value is -2.50. The molecule has 0 aliphatic heterocycles. The Morgan fingerprint density at radius 3 is 2.39 bits per heavy atom. The summed E-state index contributed by atoms with van der Waals surface area (Å²) in [7, 11) is 0. The maximum Gasteiger partial charge on any atom is 0.299 e. The van der Waals surface area contributed by atoms with E-state index in [0.29, 0.717) is 17.8 Å². The number of hydrogen-bond donors (Lipinski definition) is 0. The van der Waals surface area contributed by atoms with Gasteiger partial charge < -0.3 is 0 Å². The molecule has 0 saturated carbocycles. The van der Waals surface area contributed by atoms with Gasteiger partial charge in [0, 0.05) is 17.3 Å². The number of nitrogens with zero attached hydrogens (tertiary/aromatic N) is 3. The topological polar surface area (TPSA) is 74.0 Å². The second kappa shape index (κ2) is 5.95. The first-order valence-corrected chi connectivity index (χ1v) is 7.53. The Morgan fingerprint density at radius 1 is 1.22 bits per heavy atom. The lowest BCUT2D eigenvalue weighted by Crippen LogP contribution is -2.35. The zero-order valence-electron chi connectivity index (χ0n) is 14.1. The van der Waals surface area contributed by atoms with Gasteiger partial charge in [-0.3, -0.25) is 19.0 Å². The second-order valence-electron chi connectivity index (χ2n) is 6.28. The molecule has 0 aliphatic rings. The van der Waals surface area contributed by atoms with Gasteiger partial charge in [0.15, 0.2) is 0 Å². The van der Waals surface area contributed by atoms with Crippen molar-refractivity contribution in [3.05, 3.63) is 41.5 Å². The van der Waals surface area contributed by atoms with E-state index in [9.17, 15) is 14.4 Å². The lowest BCUT2D eigenvalue weighted by Gasteiger charge is -2.20. The van der Waals surface area contributed by atoms with Crippen molar-refractivity contribution in [2.24, 2.45) is 5.41 Å². The van der Waals surface area contributed by atoms with E-state index in [1.54, 1.807) is 39.8 Å². The molecule has 0 aromatic carbocycles. The number of carbonyl (C=O) groups is 3. The molecule has 0 fully saturated rings. The summed E-state index contributed by atoms with van der Waals surface area (Å²) >= 11 is 0. The van der Waals surface area contributed by atoms with E-state index >= 15 is 0 Å². The van der Waals surface area contributed by atoms with Crippen LogP contribution in [0.15, 0.2) is 24.4 Å². The fraction of sp³-hybridized carbons (Fsp3) is 0.412. The predicted octanol–water partition coefficient (Wildman–Crippen LogP) is 2.64. The van der Waals surface area contributed by atoms with Crippen molar-refractivity contribution >= 4 is 17.6 Å². The van der Waals surface area contributed by atoms with Crippen LogP contribution in [0.4, 0.5) is 0 Å². The standard InChI is InChI=1S/C17H21N3O3/c1-6-17(4,5)14(21)16(23)19-9-7-8-13(19)15(22)20-12(3)10-11(2)18-20/h7-10H,6H2,1-5H3. The molecule has 122 valence electrons. The van der Waals surface area contributed by atoms with Gasteiger partial charge in [0.25, 0.3) is 11.8 Å². The first kappa shape index (κ1) is 16.9. The lowest BCUT2D eigenvalue weighted by atomic mass is 9.85. The number of hydrogen-bond acceptors (Lipinski definition) is 4. The largest absolute Gasteiger partial charge is 0.299 e. The van der Waals surface area contributed by atoms with Crippen LogP contribution >= 0.6 is 0 Å². The van der Waals surface area contributed by atoms with Crippen molar-refractivity contribution in [1.29, 1.82) is 0 Å². The van der Waals surface area contributed by atoms with Crippen molar-refractivity contribution in [3.8, 4) is 0 Å². The van der Waals surface area contributed by atoms with E-state index in [1.807, 2.05) is 6.92 Å². The van der Waals surface area contributed by atoms with Crippen LogP contribution in [0, 0.1) is 19.3 Å². The van der Waals surface area contributed by atoms with Crippen molar-refractivity contribution in [2.45, 2.75) is 41.0 Å². The molecule has 0 N–H and O–H groups in total. The summed E-state index contributed by atoms with van der Waals surface area (Å²) in [6, 6.07) is 4.87. The molecule has 0 spiro atoms. The highest BCUT2D eigenvalue weighted by atomic mass is 16.2. The summed E-state index contributed by atoms with van der Waals surface area (Å²) in [4.78, 5) is 37.5. The molecule has 23 heavy (non-hydrogen) atoms. The summed E-state index contributed by atoms with van der Waals surface area (Å²) in [6.45, 7) is 8.84. The zero-order chi connectivity index (χ0) is 17.4. The van der Waals surface area contributed by atoms with Crippen LogP contribution in [0.1, 0.15) is 53.9 Å². The minimum atomic E-state index is -0.764. The van der Waals surface area contributed by atoms with Crippen molar-refractivity contribution in [1.82, 2.24) is 14.3 Å². The minimum absolute atomic E-state index is 0.126. The highest BCUT2D eigenvalue weighted by Crippen LogP contribution is 2.22. The highest BCUT2D eigenvalue weighted by molar-refractivity contribution is 6.39. The molecule has 0 radical (unpaired) electrons. The Morgan fingerprint density at radius 2 is 1.87 bits per heavy atom. The van der Waals surface area contributed by atoms with Gasteiger partial charge in [-0.1, -0.05) is 20.8 Å². The monoisotopic (exact) mass is 315 g/mol. The summed E-state index contributed by atoms with van der Waals surface area (Å²) in [5.74, 6) is -1.65. The minimum Gasteiger partial charge on any atom is -0.288 e. The smallest absolute Gasteiger partial charge is 0.288 e. The Bertz CT molecular complexity index is 781. The molecule has 0 amide bonds. The van der Waals surface area contributed by atoms with Gasteiger partial charge in [0.2, 0.25) is 5.78 Å². The number of Topliss-reactive ketones (excluding diaryl/α,β-unsaturated/α-hetero) is 1. The summed E-state index contributed by atoms with van der Waals surface area (Å²) in [5, 5.41) is 4.13. The van der Waals surface area contributed by atoms with Crippen molar-refractivity contribution < 1.29 is 14.4 Å². The number of carbonyl (C=O) groups excluding carboxylic acids is 3. The first-order valence-electron chi connectivity index (χ1n) is 7.53. The molecule has 0 saturated heterocycles. The average molecular weight is 315 g/mol. The third-order valence-corrected chi connectivity index (χ3v) is 4.08. The number of aryl methyl sites for hydroxylation is 2. The number of rotatable bonds is 4. The van der Waals surface area contributed by atoms with E-state index in [2.05, 4.69) is 5.10 Å². The quantitative estimate of drug-likeness (QED) is 0.813. The molecule has 0 atom stereocenters. The number of ketones is 1. The third-order valence-electron chi connectivity index (χ3n) is 4.08. The molecule has 2 aromatic heterocycles. The van der Waals surface area contributed by atoms with Crippen molar-refractivity contribution in [2.75, 3.05) is 0 Å². The molecule has 2 heterocycles. The Kier molecular flexibility index (Phi) is 4.36. The van der Waals surface area contributed by atoms with Gasteiger partial charge >= 0.3 is 0 Å². The second-order valence-corrected chi connectivity index (χ2v) is 6.28. The number of aromatic nitrogens is 3. The van der Waals surface area contributed by atoms with Gasteiger partial charge in [-0.25, -0.2) is 0 Å². The average Bonchev–Trinajstić information content (AvgIpc) is 3.11. The summed E-state index contributed by atoms with van der Waals surface area (Å²) < 4.78 is 2.35. The van der Waals surface area contributed by atoms with E-state index < -0.39 is 23.0 Å². The normalized spacial score (nSPS) is 11.5. The van der Waals surface area contributed by atoms with Gasteiger partial charge in [-0.2, -0.15) is 9.78 Å². The van der Waals surface area contributed by atoms with Crippen LogP contribution in [-0.2, 0) is 4.79 Å². The zero-order valence-corrected chi connectivity index (χ0v) is 14.1. The molecule has 6 heteroatoms. The summed E-state index contributed by atoms with van der Waals surface area (Å²) in [5.41, 5.74) is 0.748. The maximum atomic E-state index is 12.6. The van der Waals surface area contributed by atoms with Gasteiger partial charge in [-0.15, -0.1) is 0 Å². The molecule has 0 bridgehead atoms. The SMILES string of the molecule is CCC(C)(C)C(=O)C(=O)n1cccc1C(=O)n1nc(C)cc1C. The van der Waals surface area contributed by atoms with E-state index in [1.165, 1.54) is 16.9 Å². The molecule has 0 aliphatic carbocycles. The molecule has 0 unspecified atom stereocenters. The molecular formula is C17H21N3O3. The fourth-order valence-electron chi connectivity index (χ4n) is 2.23. The molecule has 2 aromatic rings. The summed E-state index contributed by atoms with van der Waals surface area (Å²) in [6.07, 6.45) is 1.98. The lowest BCUT2D eigenvalue weighted by molar-refractivity contribution is -0.123. The Labute approximate surface area is 135 Å². The highest BCUT2D eigenvalue weighted by Gasteiger charge is 2.33. The first-order chi connectivity index (χ1) is 10.7. The van der Waals surface area contributed by atoms with Gasteiger partial charge in [0.05, 0.1) is 5.69 Å². The fourth-order valence-corrected chi connectivity index (χ4v) is 2.23. The van der Waals surface area contributed by atoms with Crippen LogP contribution in [0.3, 0.4) is 0 Å². The van der Waals surface area contributed by atoms with E-state index in [0.717, 1.165) is 4.57 Å². The van der Waals surface area contributed by atoms with Crippen molar-refractivity contribution in [3.63, 3.8) is 0 Å². The van der Waals surface area contributed by atoms with Gasteiger partial charge in [-0.05, 0) is 38.5 Å². The Balaban J connectivity index is 2.40.